The molecule has 0 atom stereocenters. The van der Waals surface area contributed by atoms with Crippen molar-refractivity contribution < 1.29 is 0 Å². The predicted molar refractivity (Wildman–Crippen MR) is 75.4 cm³/mol. The fourth-order valence-electron chi connectivity index (χ4n) is 2.19. The van der Waals surface area contributed by atoms with Crippen molar-refractivity contribution in [3.05, 3.63) is 35.0 Å². The van der Waals surface area contributed by atoms with Crippen LogP contribution in [0.3, 0.4) is 0 Å². The highest BCUT2D eigenvalue weighted by Gasteiger charge is 2.11. The average Bonchev–Trinajstić information content (AvgIpc) is 2.81. The van der Waals surface area contributed by atoms with E-state index < -0.39 is 0 Å². The lowest BCUT2D eigenvalue weighted by Crippen LogP contribution is -1.91. The number of hydrogen-bond acceptors (Lipinski definition) is 2. The standard InChI is InChI=1S/C13H13BrN4/c1-8-16-10-6-9(4-5-11(10)18(8)3)12-13(14)15-7-17(12)2/h4-7H,1-3H3. The van der Waals surface area contributed by atoms with Gasteiger partial charge in [-0.05, 0) is 35.0 Å². The number of rotatable bonds is 1. The van der Waals surface area contributed by atoms with Gasteiger partial charge in [-0.15, -0.1) is 0 Å². The van der Waals surface area contributed by atoms with E-state index in [2.05, 4.69) is 48.7 Å². The smallest absolute Gasteiger partial charge is 0.132 e. The Bertz CT molecular complexity index is 719. The molecule has 0 unspecified atom stereocenters. The molecular weight excluding hydrogens is 292 g/mol. The number of aryl methyl sites for hydroxylation is 3. The molecule has 2 aromatic heterocycles. The van der Waals surface area contributed by atoms with E-state index in [4.69, 9.17) is 0 Å². The normalized spacial score (nSPS) is 11.3. The molecule has 3 rings (SSSR count). The molecule has 2 heterocycles. The maximum Gasteiger partial charge on any atom is 0.132 e. The molecular formula is C13H13BrN4. The zero-order valence-electron chi connectivity index (χ0n) is 10.5. The SMILES string of the molecule is Cc1nc2cc(-c3c(Br)ncn3C)ccc2n1C. The van der Waals surface area contributed by atoms with Crippen LogP contribution in [0.2, 0.25) is 0 Å². The first-order chi connectivity index (χ1) is 8.58. The fraction of sp³-hybridized carbons (Fsp3) is 0.231. The number of halogens is 1. The van der Waals surface area contributed by atoms with E-state index in [0.717, 1.165) is 32.7 Å². The lowest BCUT2D eigenvalue weighted by molar-refractivity contribution is 0.886. The molecule has 0 radical (unpaired) electrons. The molecule has 0 saturated carbocycles. The summed E-state index contributed by atoms with van der Waals surface area (Å²) in [6.45, 7) is 2.01. The van der Waals surface area contributed by atoms with E-state index in [1.165, 1.54) is 0 Å². The van der Waals surface area contributed by atoms with Crippen LogP contribution >= 0.6 is 15.9 Å². The highest BCUT2D eigenvalue weighted by Crippen LogP contribution is 2.29. The Balaban J connectivity index is 2.26. The number of fused-ring (bicyclic) bond motifs is 1. The third-order valence-corrected chi connectivity index (χ3v) is 3.85. The van der Waals surface area contributed by atoms with Crippen LogP contribution < -0.4 is 0 Å². The summed E-state index contributed by atoms with van der Waals surface area (Å²) in [5.41, 5.74) is 4.35. The molecule has 0 N–H and O–H groups in total. The maximum atomic E-state index is 4.56. The monoisotopic (exact) mass is 304 g/mol. The van der Waals surface area contributed by atoms with Gasteiger partial charge in [0.05, 0.1) is 23.1 Å². The molecule has 4 nitrogen and oxygen atoms in total. The van der Waals surface area contributed by atoms with Gasteiger partial charge in [0.1, 0.15) is 10.4 Å². The molecule has 0 aliphatic carbocycles. The van der Waals surface area contributed by atoms with Crippen molar-refractivity contribution in [3.63, 3.8) is 0 Å². The summed E-state index contributed by atoms with van der Waals surface area (Å²) in [7, 11) is 4.02. The summed E-state index contributed by atoms with van der Waals surface area (Å²) in [6.07, 6.45) is 1.80. The lowest BCUT2D eigenvalue weighted by Gasteiger charge is -2.04. The van der Waals surface area contributed by atoms with Crippen LogP contribution in [-0.2, 0) is 14.1 Å². The Morgan fingerprint density at radius 3 is 2.67 bits per heavy atom. The zero-order chi connectivity index (χ0) is 12.9. The Morgan fingerprint density at radius 2 is 2.00 bits per heavy atom. The van der Waals surface area contributed by atoms with Crippen molar-refractivity contribution in [2.75, 3.05) is 0 Å². The molecule has 1 aromatic carbocycles. The first-order valence-electron chi connectivity index (χ1n) is 5.68. The van der Waals surface area contributed by atoms with Gasteiger partial charge in [0.2, 0.25) is 0 Å². The first kappa shape index (κ1) is 11.5. The molecule has 3 aromatic rings. The van der Waals surface area contributed by atoms with Crippen LogP contribution in [0.25, 0.3) is 22.3 Å². The van der Waals surface area contributed by atoms with E-state index in [9.17, 15) is 0 Å². The largest absolute Gasteiger partial charge is 0.333 e. The zero-order valence-corrected chi connectivity index (χ0v) is 12.1. The lowest BCUT2D eigenvalue weighted by atomic mass is 10.1. The van der Waals surface area contributed by atoms with Gasteiger partial charge in [-0.3, -0.25) is 0 Å². The van der Waals surface area contributed by atoms with Crippen molar-refractivity contribution in [3.8, 4) is 11.3 Å². The first-order valence-corrected chi connectivity index (χ1v) is 6.47. The van der Waals surface area contributed by atoms with E-state index in [-0.39, 0.29) is 0 Å². The maximum absolute atomic E-state index is 4.56. The second-order valence-corrected chi connectivity index (χ2v) is 5.17. The topological polar surface area (TPSA) is 35.6 Å². The van der Waals surface area contributed by atoms with Crippen LogP contribution in [-0.4, -0.2) is 19.1 Å². The van der Waals surface area contributed by atoms with Gasteiger partial charge < -0.3 is 9.13 Å². The number of imidazole rings is 2. The minimum absolute atomic E-state index is 0.858. The van der Waals surface area contributed by atoms with Crippen molar-refractivity contribution in [2.24, 2.45) is 14.1 Å². The molecule has 0 bridgehead atoms. The Labute approximate surface area is 113 Å². The minimum atomic E-state index is 0.858. The Hall–Kier alpha value is -1.62. The Kier molecular flexibility index (Phi) is 2.52. The fourth-order valence-corrected chi connectivity index (χ4v) is 2.79. The van der Waals surface area contributed by atoms with Crippen LogP contribution in [0.5, 0.6) is 0 Å². The van der Waals surface area contributed by atoms with Gasteiger partial charge in [-0.2, -0.15) is 0 Å². The summed E-state index contributed by atoms with van der Waals surface area (Å²) < 4.78 is 4.95. The highest BCUT2D eigenvalue weighted by molar-refractivity contribution is 9.10. The van der Waals surface area contributed by atoms with Crippen LogP contribution in [0.4, 0.5) is 0 Å². The van der Waals surface area contributed by atoms with Gasteiger partial charge in [-0.1, -0.05) is 6.07 Å². The Morgan fingerprint density at radius 1 is 1.22 bits per heavy atom. The number of hydrogen-bond donors (Lipinski definition) is 0. The highest BCUT2D eigenvalue weighted by atomic mass is 79.9. The van der Waals surface area contributed by atoms with Gasteiger partial charge in [-0.25, -0.2) is 9.97 Å². The average molecular weight is 305 g/mol. The van der Waals surface area contributed by atoms with E-state index in [1.807, 2.05) is 25.6 Å². The van der Waals surface area contributed by atoms with Gasteiger partial charge >= 0.3 is 0 Å². The van der Waals surface area contributed by atoms with Crippen molar-refractivity contribution in [1.82, 2.24) is 19.1 Å². The summed E-state index contributed by atoms with van der Waals surface area (Å²) in [4.78, 5) is 8.81. The molecule has 0 aliphatic heterocycles. The molecule has 18 heavy (non-hydrogen) atoms. The summed E-state index contributed by atoms with van der Waals surface area (Å²) in [5.74, 6) is 1.02. The van der Waals surface area contributed by atoms with Crippen LogP contribution in [0.15, 0.2) is 29.1 Å². The molecule has 0 fully saturated rings. The molecule has 5 heteroatoms. The summed E-state index contributed by atoms with van der Waals surface area (Å²) in [6, 6.07) is 6.31. The van der Waals surface area contributed by atoms with Crippen molar-refractivity contribution in [2.45, 2.75) is 6.92 Å². The third-order valence-electron chi connectivity index (χ3n) is 3.27. The van der Waals surface area contributed by atoms with Gasteiger partial charge in [0.25, 0.3) is 0 Å². The molecule has 92 valence electrons. The summed E-state index contributed by atoms with van der Waals surface area (Å²) in [5, 5.41) is 0. The van der Waals surface area contributed by atoms with Gasteiger partial charge in [0, 0.05) is 19.7 Å². The van der Waals surface area contributed by atoms with E-state index in [0.29, 0.717) is 0 Å². The second-order valence-electron chi connectivity index (χ2n) is 4.42. The summed E-state index contributed by atoms with van der Waals surface area (Å²) >= 11 is 3.48. The molecule has 0 saturated heterocycles. The predicted octanol–water partition coefficient (Wildman–Crippen LogP) is 3.04. The van der Waals surface area contributed by atoms with E-state index >= 15 is 0 Å². The van der Waals surface area contributed by atoms with Crippen LogP contribution in [0, 0.1) is 6.92 Å². The molecule has 0 amide bonds. The second kappa shape index (κ2) is 3.95. The van der Waals surface area contributed by atoms with E-state index in [1.54, 1.807) is 6.33 Å². The van der Waals surface area contributed by atoms with Crippen molar-refractivity contribution in [1.29, 1.82) is 0 Å². The van der Waals surface area contributed by atoms with Crippen LogP contribution in [0.1, 0.15) is 5.82 Å². The number of benzene rings is 1. The van der Waals surface area contributed by atoms with Crippen molar-refractivity contribution >= 4 is 27.0 Å². The number of aromatic nitrogens is 4. The molecule has 0 aliphatic rings. The van der Waals surface area contributed by atoms with Gasteiger partial charge in [0.15, 0.2) is 0 Å². The third kappa shape index (κ3) is 1.58. The number of nitrogens with zero attached hydrogens (tertiary/aromatic N) is 4. The quantitative estimate of drug-likeness (QED) is 0.693. The minimum Gasteiger partial charge on any atom is -0.333 e. The molecule has 0 spiro atoms.